The first kappa shape index (κ1) is 22.2. The molecular weight excluding hydrogens is 333 g/mol. The molecular formula is C17H29Cl2N3O. The number of piperidine rings is 1. The summed E-state index contributed by atoms with van der Waals surface area (Å²) in [4.78, 5) is 14.7. The summed E-state index contributed by atoms with van der Waals surface area (Å²) in [5.74, 6) is 0.159. The van der Waals surface area contributed by atoms with Gasteiger partial charge in [-0.2, -0.15) is 0 Å². The van der Waals surface area contributed by atoms with E-state index in [-0.39, 0.29) is 42.8 Å². The fraction of sp³-hybridized carbons (Fsp3) is 0.588. The summed E-state index contributed by atoms with van der Waals surface area (Å²) in [5, 5.41) is 3.04. The normalized spacial score (nSPS) is 19.1. The van der Waals surface area contributed by atoms with Crippen molar-refractivity contribution in [3.05, 3.63) is 35.9 Å². The van der Waals surface area contributed by atoms with E-state index in [0.717, 1.165) is 32.4 Å². The number of nitrogens with zero attached hydrogens (tertiary/aromatic N) is 1. The van der Waals surface area contributed by atoms with Gasteiger partial charge < -0.3 is 11.1 Å². The molecule has 6 heteroatoms. The molecule has 0 aromatic heterocycles. The summed E-state index contributed by atoms with van der Waals surface area (Å²) in [6.07, 6.45) is 4.10. The number of amides is 1. The predicted octanol–water partition coefficient (Wildman–Crippen LogP) is 2.74. The number of nitrogens with one attached hydrogen (secondary N) is 1. The summed E-state index contributed by atoms with van der Waals surface area (Å²) < 4.78 is 0. The van der Waals surface area contributed by atoms with E-state index in [4.69, 9.17) is 5.73 Å². The van der Waals surface area contributed by atoms with Gasteiger partial charge in [0.25, 0.3) is 0 Å². The molecule has 1 aliphatic rings. The van der Waals surface area contributed by atoms with Crippen molar-refractivity contribution >= 4 is 30.7 Å². The Kier molecular flexibility index (Phi) is 11.3. The molecule has 3 N–H and O–H groups in total. The Balaban J connectivity index is 0.00000242. The molecule has 0 saturated carbocycles. The van der Waals surface area contributed by atoms with Crippen molar-refractivity contribution in [2.45, 2.75) is 51.2 Å². The molecule has 1 saturated heterocycles. The van der Waals surface area contributed by atoms with Crippen LogP contribution in [0.3, 0.4) is 0 Å². The fourth-order valence-electron chi connectivity index (χ4n) is 2.84. The van der Waals surface area contributed by atoms with Gasteiger partial charge in [0.2, 0.25) is 5.91 Å². The second-order valence-electron chi connectivity index (χ2n) is 6.02. The zero-order chi connectivity index (χ0) is 15.1. The number of nitrogens with two attached hydrogens (primary N) is 1. The summed E-state index contributed by atoms with van der Waals surface area (Å²) in [6.45, 7) is 4.49. The van der Waals surface area contributed by atoms with Crippen LogP contribution in [0.5, 0.6) is 0 Å². The Morgan fingerprint density at radius 2 is 2.00 bits per heavy atom. The lowest BCUT2D eigenvalue weighted by atomic mass is 10.0. The van der Waals surface area contributed by atoms with Gasteiger partial charge in [0, 0.05) is 19.1 Å². The van der Waals surface area contributed by atoms with Gasteiger partial charge >= 0.3 is 0 Å². The van der Waals surface area contributed by atoms with Gasteiger partial charge in [-0.15, -0.1) is 24.8 Å². The van der Waals surface area contributed by atoms with E-state index in [0.29, 0.717) is 6.54 Å². The second kappa shape index (κ2) is 11.7. The van der Waals surface area contributed by atoms with Gasteiger partial charge in [-0.3, -0.25) is 9.69 Å². The molecule has 1 heterocycles. The third-order valence-electron chi connectivity index (χ3n) is 4.04. The number of carbonyl (C=O) groups is 1. The Labute approximate surface area is 152 Å². The average molecular weight is 362 g/mol. The molecule has 0 radical (unpaired) electrons. The maximum Gasteiger partial charge on any atom is 0.237 e. The van der Waals surface area contributed by atoms with Crippen molar-refractivity contribution in [2.24, 2.45) is 5.73 Å². The van der Waals surface area contributed by atoms with Crippen LogP contribution >= 0.6 is 24.8 Å². The highest BCUT2D eigenvalue weighted by Gasteiger charge is 2.28. The summed E-state index contributed by atoms with van der Waals surface area (Å²) >= 11 is 0. The van der Waals surface area contributed by atoms with Crippen LogP contribution in [-0.4, -0.2) is 36.0 Å². The number of halogens is 2. The summed E-state index contributed by atoms with van der Waals surface area (Å²) in [7, 11) is 0. The third kappa shape index (κ3) is 7.53. The van der Waals surface area contributed by atoms with Crippen LogP contribution in [0.2, 0.25) is 0 Å². The second-order valence-corrected chi connectivity index (χ2v) is 6.02. The molecule has 132 valence electrons. The zero-order valence-corrected chi connectivity index (χ0v) is 15.4. The number of rotatable bonds is 6. The maximum absolute atomic E-state index is 12.4. The van der Waals surface area contributed by atoms with Gasteiger partial charge in [0.05, 0.1) is 6.04 Å². The zero-order valence-electron chi connectivity index (χ0n) is 13.7. The van der Waals surface area contributed by atoms with Crippen LogP contribution in [0.4, 0.5) is 0 Å². The van der Waals surface area contributed by atoms with E-state index in [1.807, 2.05) is 13.0 Å². The monoisotopic (exact) mass is 361 g/mol. The van der Waals surface area contributed by atoms with Crippen LogP contribution in [0, 0.1) is 0 Å². The average Bonchev–Trinajstić information content (AvgIpc) is 2.48. The van der Waals surface area contributed by atoms with Crippen molar-refractivity contribution < 1.29 is 4.79 Å². The minimum atomic E-state index is 0. The van der Waals surface area contributed by atoms with Crippen molar-refractivity contribution in [2.75, 3.05) is 13.1 Å². The summed E-state index contributed by atoms with van der Waals surface area (Å²) in [6, 6.07) is 10.5. The molecule has 23 heavy (non-hydrogen) atoms. The van der Waals surface area contributed by atoms with Crippen molar-refractivity contribution in [3.63, 3.8) is 0 Å². The summed E-state index contributed by atoms with van der Waals surface area (Å²) in [5.41, 5.74) is 7.00. The Bertz CT molecular complexity index is 443. The van der Waals surface area contributed by atoms with Gasteiger partial charge in [-0.1, -0.05) is 36.8 Å². The quantitative estimate of drug-likeness (QED) is 0.818. The van der Waals surface area contributed by atoms with Crippen LogP contribution in [0.15, 0.2) is 30.3 Å². The number of likely N-dealkylation sites (tertiary alicyclic amines) is 1. The fourth-order valence-corrected chi connectivity index (χ4v) is 2.84. The lowest BCUT2D eigenvalue weighted by Crippen LogP contribution is -2.49. The van der Waals surface area contributed by atoms with E-state index in [1.54, 1.807) is 0 Å². The Morgan fingerprint density at radius 3 is 2.65 bits per heavy atom. The van der Waals surface area contributed by atoms with Crippen molar-refractivity contribution in [3.8, 4) is 0 Å². The molecule has 2 unspecified atom stereocenters. The smallest absolute Gasteiger partial charge is 0.237 e. The molecule has 2 atom stereocenters. The van der Waals surface area contributed by atoms with Crippen molar-refractivity contribution in [1.82, 2.24) is 10.2 Å². The third-order valence-corrected chi connectivity index (χ3v) is 4.04. The molecule has 1 fully saturated rings. The molecule has 0 spiro atoms. The first-order valence-electron chi connectivity index (χ1n) is 7.98. The van der Waals surface area contributed by atoms with Crippen LogP contribution in [-0.2, 0) is 11.3 Å². The van der Waals surface area contributed by atoms with E-state index in [1.165, 1.54) is 12.0 Å². The van der Waals surface area contributed by atoms with Gasteiger partial charge in [-0.05, 0) is 38.3 Å². The SMILES string of the molecule is CC(N)CCNC(=O)C1CCCCN1Cc1ccccc1.Cl.Cl. The highest BCUT2D eigenvalue weighted by atomic mass is 35.5. The molecule has 4 nitrogen and oxygen atoms in total. The molecule has 1 aromatic carbocycles. The van der Waals surface area contributed by atoms with E-state index in [9.17, 15) is 4.79 Å². The molecule has 1 aromatic rings. The highest BCUT2D eigenvalue weighted by molar-refractivity contribution is 5.85. The molecule has 1 amide bonds. The van der Waals surface area contributed by atoms with Crippen LogP contribution in [0.1, 0.15) is 38.2 Å². The van der Waals surface area contributed by atoms with Crippen LogP contribution in [0.25, 0.3) is 0 Å². The molecule has 1 aliphatic heterocycles. The largest absolute Gasteiger partial charge is 0.355 e. The van der Waals surface area contributed by atoms with Gasteiger partial charge in [0.15, 0.2) is 0 Å². The van der Waals surface area contributed by atoms with Gasteiger partial charge in [0.1, 0.15) is 0 Å². The highest BCUT2D eigenvalue weighted by Crippen LogP contribution is 2.19. The molecule has 0 aliphatic carbocycles. The molecule has 2 rings (SSSR count). The van der Waals surface area contributed by atoms with E-state index in [2.05, 4.69) is 34.5 Å². The maximum atomic E-state index is 12.4. The standard InChI is InChI=1S/C17H27N3O.2ClH/c1-14(18)10-11-19-17(21)16-9-5-6-12-20(16)13-15-7-3-2-4-8-15;;/h2-4,7-8,14,16H,5-6,9-13,18H2,1H3,(H,19,21);2*1H. The first-order chi connectivity index (χ1) is 10.2. The Morgan fingerprint density at radius 1 is 1.30 bits per heavy atom. The topological polar surface area (TPSA) is 58.4 Å². The van der Waals surface area contributed by atoms with Gasteiger partial charge in [-0.25, -0.2) is 0 Å². The van der Waals surface area contributed by atoms with Crippen LogP contribution < -0.4 is 11.1 Å². The van der Waals surface area contributed by atoms with Crippen molar-refractivity contribution in [1.29, 1.82) is 0 Å². The number of benzene rings is 1. The van der Waals surface area contributed by atoms with E-state index < -0.39 is 0 Å². The minimum Gasteiger partial charge on any atom is -0.355 e. The predicted molar refractivity (Wildman–Crippen MR) is 100 cm³/mol. The lowest BCUT2D eigenvalue weighted by molar-refractivity contribution is -0.127. The lowest BCUT2D eigenvalue weighted by Gasteiger charge is -2.34. The van der Waals surface area contributed by atoms with E-state index >= 15 is 0 Å². The Hall–Kier alpha value is -0.810. The number of hydrogen-bond donors (Lipinski definition) is 2. The molecule has 0 bridgehead atoms. The number of carbonyl (C=O) groups excluding carboxylic acids is 1. The number of hydrogen-bond acceptors (Lipinski definition) is 3. The minimum absolute atomic E-state index is 0. The first-order valence-corrected chi connectivity index (χ1v) is 7.98.